The van der Waals surface area contributed by atoms with Crippen LogP contribution in [-0.4, -0.2) is 96.8 Å². The Labute approximate surface area is 334 Å². The van der Waals surface area contributed by atoms with Crippen LogP contribution in [0, 0.1) is 0 Å². The Morgan fingerprint density at radius 1 is 0.915 bits per heavy atom. The first-order valence-corrected chi connectivity index (χ1v) is 22.2. The summed E-state index contributed by atoms with van der Waals surface area (Å²) in [6, 6.07) is 13.8. The van der Waals surface area contributed by atoms with Crippen LogP contribution in [0.3, 0.4) is 0 Å². The van der Waals surface area contributed by atoms with Gasteiger partial charge in [0, 0.05) is 29.1 Å². The number of carbonyl (C=O) groups excluding carboxylic acids is 1. The zero-order valence-corrected chi connectivity index (χ0v) is 33.0. The number of phosphoric acid groups is 1. The fourth-order valence-electron chi connectivity index (χ4n) is 6.61. The number of halogens is 2. The minimum absolute atomic E-state index is 0.0170. The van der Waals surface area contributed by atoms with Crippen LogP contribution in [0.1, 0.15) is 33.9 Å². The van der Waals surface area contributed by atoms with Crippen LogP contribution in [0.15, 0.2) is 83.0 Å². The number of H-pyrrole nitrogens is 1. The number of benzene rings is 2. The molecule has 0 radical (unpaired) electrons. The Morgan fingerprint density at radius 3 is 2.32 bits per heavy atom. The van der Waals surface area contributed by atoms with Crippen molar-refractivity contribution < 1.29 is 59.9 Å². The average molecular weight is 880 g/mol. The molecule has 8 rings (SSSR count). The number of ketones is 1. The fourth-order valence-corrected chi connectivity index (χ4v) is 10.9. The molecular weight excluding hydrogens is 846 g/mol. The number of anilines is 1. The van der Waals surface area contributed by atoms with Crippen LogP contribution < -0.4 is 21.7 Å². The topological polar surface area (TPSA) is 261 Å². The molecule has 20 nitrogen and oxygen atoms in total. The molecule has 59 heavy (non-hydrogen) atoms. The average Bonchev–Trinajstić information content (AvgIpc) is 3.88. The van der Waals surface area contributed by atoms with Gasteiger partial charge in [-0.2, -0.15) is 0 Å². The van der Waals surface area contributed by atoms with E-state index < -0.39 is 88.3 Å². The zero-order chi connectivity index (χ0) is 41.6. The van der Waals surface area contributed by atoms with Crippen LogP contribution in [-0.2, 0) is 42.5 Å². The Balaban J connectivity index is 1.10. The van der Waals surface area contributed by atoms with Crippen LogP contribution in [0.4, 0.5) is 14.6 Å². The lowest BCUT2D eigenvalue weighted by Crippen LogP contribution is -2.37. The molecule has 3 saturated heterocycles. The van der Waals surface area contributed by atoms with E-state index in [0.29, 0.717) is 33.8 Å². The number of nitrogen functional groups attached to an aromatic ring is 1. The van der Waals surface area contributed by atoms with Crippen LogP contribution in [0.25, 0.3) is 11.2 Å². The van der Waals surface area contributed by atoms with E-state index in [4.69, 9.17) is 38.0 Å². The lowest BCUT2D eigenvalue weighted by molar-refractivity contribution is -0.0635. The summed E-state index contributed by atoms with van der Waals surface area (Å²) in [5.74, 6) is 0.162. The lowest BCUT2D eigenvalue weighted by Gasteiger charge is -2.27. The monoisotopic (exact) mass is 879 g/mol. The Hall–Kier alpha value is -4.67. The van der Waals surface area contributed by atoms with Gasteiger partial charge in [0.25, 0.3) is 5.56 Å². The molecule has 5 aromatic rings. The van der Waals surface area contributed by atoms with E-state index in [1.54, 1.807) is 48.5 Å². The number of fused-ring (bicyclic) bond motifs is 4. The van der Waals surface area contributed by atoms with Gasteiger partial charge in [0.1, 0.15) is 42.0 Å². The normalized spacial score (nSPS) is 31.2. The number of aromatic amines is 1. The van der Waals surface area contributed by atoms with Gasteiger partial charge in [-0.25, -0.2) is 37.7 Å². The maximum atomic E-state index is 16.4. The number of hydrogen-bond donors (Lipinski definition) is 3. The standard InChI is InChI=1S/C34H33F2N7O13P2S/c1-50-20-8-6-19(7-9-20)27(45)18-4-2-17(3-5-18)14-59-58(49)52-13-22-28(25(36)32(54-22)43-16-40-26-30(37)38-15-39-31(26)43)55-57(47,48)51-12-21-24(35)29(56-58)33(53-21)42-11-10-23(44)41-34(42)46/h2-11,15-16,21-22,24-25,28-29,32-33H,12-14H2,1H3,(H,47,48)(H2,37,38,39)(H,41,44,46)/t21-,22-,24-,25-,28-,29-,32-,33-,58?/m1/s1. The number of methoxy groups -OCH3 is 1. The van der Waals surface area contributed by atoms with E-state index in [2.05, 4.69) is 15.0 Å². The van der Waals surface area contributed by atoms with Gasteiger partial charge in [0.05, 0.1) is 26.7 Å². The summed E-state index contributed by atoms with van der Waals surface area (Å²) in [7, 11) is -3.75. The summed E-state index contributed by atoms with van der Waals surface area (Å²) >= 11 is 0.577. The van der Waals surface area contributed by atoms with Crippen molar-refractivity contribution in [1.82, 2.24) is 29.1 Å². The summed E-state index contributed by atoms with van der Waals surface area (Å²) in [6.07, 6.45) is -11.8. The van der Waals surface area contributed by atoms with Gasteiger partial charge in [0.2, 0.25) is 0 Å². The summed E-state index contributed by atoms with van der Waals surface area (Å²) in [6.45, 7) is -6.51. The number of rotatable bonds is 8. The molecule has 3 fully saturated rings. The van der Waals surface area contributed by atoms with Gasteiger partial charge in [-0.05, 0) is 41.2 Å². The lowest BCUT2D eigenvalue weighted by atomic mass is 10.0. The molecule has 25 heteroatoms. The van der Waals surface area contributed by atoms with Crippen molar-refractivity contribution in [1.29, 1.82) is 0 Å². The Bertz CT molecular complexity index is 2580. The molecule has 0 spiro atoms. The van der Waals surface area contributed by atoms with E-state index in [0.717, 1.165) is 34.1 Å². The third-order valence-corrected chi connectivity index (χ3v) is 14.2. The second-order valence-electron chi connectivity index (χ2n) is 13.3. The van der Waals surface area contributed by atoms with Crippen molar-refractivity contribution in [3.63, 3.8) is 0 Å². The minimum Gasteiger partial charge on any atom is -0.497 e. The van der Waals surface area contributed by atoms with E-state index >= 15 is 8.78 Å². The van der Waals surface area contributed by atoms with E-state index in [1.807, 2.05) is 4.98 Å². The molecule has 3 aliphatic heterocycles. The number of nitrogens with one attached hydrogen (secondary N) is 1. The second kappa shape index (κ2) is 16.4. The highest BCUT2D eigenvalue weighted by Gasteiger charge is 2.55. The number of aromatic nitrogens is 6. The largest absolute Gasteiger partial charge is 0.497 e. The highest BCUT2D eigenvalue weighted by Crippen LogP contribution is 2.65. The fraction of sp³-hybridized carbons (Fsp3) is 0.353. The molecule has 4 N–H and O–H groups in total. The van der Waals surface area contributed by atoms with Crippen molar-refractivity contribution in [3.05, 3.63) is 111 Å². The van der Waals surface area contributed by atoms with Crippen molar-refractivity contribution in [2.45, 2.75) is 55.0 Å². The molecule has 10 atom stereocenters. The number of ether oxygens (including phenoxy) is 3. The smallest absolute Gasteiger partial charge is 0.472 e. The first-order chi connectivity index (χ1) is 28.2. The highest BCUT2D eigenvalue weighted by atomic mass is 32.7. The minimum atomic E-state index is -5.26. The molecule has 2 aromatic carbocycles. The molecule has 0 saturated carbocycles. The first-order valence-electron chi connectivity index (χ1n) is 17.6. The maximum absolute atomic E-state index is 16.4. The van der Waals surface area contributed by atoms with Gasteiger partial charge < -0.3 is 24.8 Å². The maximum Gasteiger partial charge on any atom is 0.472 e. The molecule has 3 aliphatic rings. The van der Waals surface area contributed by atoms with Gasteiger partial charge in [-0.3, -0.25) is 41.8 Å². The van der Waals surface area contributed by atoms with E-state index in [1.165, 1.54) is 7.11 Å². The van der Waals surface area contributed by atoms with Crippen molar-refractivity contribution >= 4 is 48.8 Å². The summed E-state index contributed by atoms with van der Waals surface area (Å²) in [5, 5.41) is 0. The van der Waals surface area contributed by atoms with Gasteiger partial charge in [-0.15, -0.1) is 0 Å². The third kappa shape index (κ3) is 8.40. The van der Waals surface area contributed by atoms with Crippen molar-refractivity contribution in [2.24, 2.45) is 0 Å². The second-order valence-corrected chi connectivity index (χ2v) is 18.7. The Kier molecular flexibility index (Phi) is 11.4. The molecule has 0 amide bonds. The molecule has 6 heterocycles. The van der Waals surface area contributed by atoms with E-state index in [-0.39, 0.29) is 28.5 Å². The SMILES string of the molecule is COc1ccc(C(=O)c2ccc(CSP3(=O)OC[C@H]4O[C@@H](n5cnc6c(N)ncnc65)[C@H](F)[C@@H]4OP(=O)(O)OC[C@H]4O[C@@H](n5ccc(=O)[nH]c5=O)[C@H](O3)[C@@H]4F)cc2)cc1. The predicted octanol–water partition coefficient (Wildman–Crippen LogP) is 3.63. The van der Waals surface area contributed by atoms with Crippen molar-refractivity contribution in [2.75, 3.05) is 26.1 Å². The third-order valence-electron chi connectivity index (χ3n) is 9.58. The summed E-state index contributed by atoms with van der Waals surface area (Å²) in [5.41, 5.74) is 5.50. The predicted molar refractivity (Wildman–Crippen MR) is 202 cm³/mol. The summed E-state index contributed by atoms with van der Waals surface area (Å²) in [4.78, 5) is 62.6. The zero-order valence-electron chi connectivity index (χ0n) is 30.4. The molecule has 312 valence electrons. The van der Waals surface area contributed by atoms with Crippen molar-refractivity contribution in [3.8, 4) is 5.75 Å². The van der Waals surface area contributed by atoms with Crippen LogP contribution >= 0.6 is 26.0 Å². The quantitative estimate of drug-likeness (QED) is 0.148. The molecular formula is C34H33F2N7O13P2S. The number of phosphoric ester groups is 1. The summed E-state index contributed by atoms with van der Waals surface area (Å²) < 4.78 is 102. The Morgan fingerprint density at radius 2 is 1.61 bits per heavy atom. The van der Waals surface area contributed by atoms with Gasteiger partial charge in [0.15, 0.2) is 42.0 Å². The highest BCUT2D eigenvalue weighted by molar-refractivity contribution is 8.54. The molecule has 3 aromatic heterocycles. The number of nitrogens with zero attached hydrogens (tertiary/aromatic N) is 5. The number of carbonyl (C=O) groups is 1. The van der Waals surface area contributed by atoms with E-state index in [9.17, 15) is 28.4 Å². The van der Waals surface area contributed by atoms with Gasteiger partial charge >= 0.3 is 20.3 Å². The number of nitrogens with two attached hydrogens (primary N) is 1. The van der Waals surface area contributed by atoms with Crippen LogP contribution in [0.2, 0.25) is 0 Å². The van der Waals surface area contributed by atoms with Gasteiger partial charge in [-0.1, -0.05) is 24.3 Å². The first kappa shape index (κ1) is 41.1. The van der Waals surface area contributed by atoms with Crippen LogP contribution in [0.5, 0.6) is 5.75 Å². The number of hydrogen-bond acceptors (Lipinski definition) is 17. The number of imidazole rings is 1. The molecule has 2 bridgehead atoms. The molecule has 0 aliphatic carbocycles. The number of alkyl halides is 2. The molecule has 2 unspecified atom stereocenters.